The Balaban J connectivity index is 2.18. The Kier molecular flexibility index (Phi) is 3.24. The Morgan fingerprint density at radius 1 is 1.38 bits per heavy atom. The topological polar surface area (TPSA) is 34.2 Å². The van der Waals surface area contributed by atoms with Crippen LogP contribution >= 0.6 is 0 Å². The lowest BCUT2D eigenvalue weighted by atomic mass is 10.1. The monoisotopic (exact) mass is 221 g/mol. The van der Waals surface area contributed by atoms with Crippen LogP contribution in [0.3, 0.4) is 0 Å². The van der Waals surface area contributed by atoms with E-state index in [-0.39, 0.29) is 0 Å². The highest BCUT2D eigenvalue weighted by atomic mass is 15.2. The molecule has 1 aromatic heterocycles. The summed E-state index contributed by atoms with van der Waals surface area (Å²) in [5.74, 6) is 0.763. The molecule has 0 aromatic carbocycles. The predicted octanol–water partition coefficient (Wildman–Crippen LogP) is 2.10. The van der Waals surface area contributed by atoms with Crippen molar-refractivity contribution < 1.29 is 0 Å². The SMILES string of the molecule is CC(C)CCc1cc(N)c2n1CCN(C)C2. The number of nitrogens with two attached hydrogens (primary N) is 1. The van der Waals surface area contributed by atoms with Crippen molar-refractivity contribution in [1.82, 2.24) is 9.47 Å². The smallest absolute Gasteiger partial charge is 0.0552 e. The van der Waals surface area contributed by atoms with E-state index < -0.39 is 0 Å². The number of likely N-dealkylation sites (N-methyl/N-ethyl adjacent to an activating group) is 1. The van der Waals surface area contributed by atoms with E-state index in [4.69, 9.17) is 5.73 Å². The number of nitrogens with zero attached hydrogens (tertiary/aromatic N) is 2. The van der Waals surface area contributed by atoms with Crippen LogP contribution in [-0.4, -0.2) is 23.1 Å². The second kappa shape index (κ2) is 4.50. The molecule has 1 aliphatic heterocycles. The van der Waals surface area contributed by atoms with Gasteiger partial charge in [-0.25, -0.2) is 0 Å². The Morgan fingerprint density at radius 3 is 2.81 bits per heavy atom. The average Bonchev–Trinajstić information content (AvgIpc) is 2.53. The van der Waals surface area contributed by atoms with Gasteiger partial charge < -0.3 is 10.3 Å². The molecule has 16 heavy (non-hydrogen) atoms. The summed E-state index contributed by atoms with van der Waals surface area (Å²) >= 11 is 0. The molecule has 0 fully saturated rings. The Morgan fingerprint density at radius 2 is 2.12 bits per heavy atom. The Labute approximate surface area is 98.2 Å². The highest BCUT2D eigenvalue weighted by Crippen LogP contribution is 2.24. The van der Waals surface area contributed by atoms with Gasteiger partial charge in [0.05, 0.1) is 11.4 Å². The van der Waals surface area contributed by atoms with Crippen LogP contribution in [-0.2, 0) is 19.5 Å². The molecule has 0 unspecified atom stereocenters. The molecule has 1 aromatic rings. The van der Waals surface area contributed by atoms with Gasteiger partial charge in [0.1, 0.15) is 0 Å². The zero-order valence-electron chi connectivity index (χ0n) is 10.7. The zero-order valence-corrected chi connectivity index (χ0v) is 10.7. The first-order chi connectivity index (χ1) is 7.58. The van der Waals surface area contributed by atoms with Crippen LogP contribution < -0.4 is 5.73 Å². The molecule has 0 saturated carbocycles. The summed E-state index contributed by atoms with van der Waals surface area (Å²) in [7, 11) is 2.16. The van der Waals surface area contributed by atoms with Gasteiger partial charge >= 0.3 is 0 Å². The average molecular weight is 221 g/mol. The summed E-state index contributed by atoms with van der Waals surface area (Å²) in [6.07, 6.45) is 2.41. The maximum absolute atomic E-state index is 6.08. The van der Waals surface area contributed by atoms with E-state index in [1.54, 1.807) is 0 Å². The molecule has 0 aliphatic carbocycles. The Hall–Kier alpha value is -0.960. The number of rotatable bonds is 3. The second-order valence-electron chi connectivity index (χ2n) is 5.36. The lowest BCUT2D eigenvalue weighted by Gasteiger charge is -2.26. The fourth-order valence-corrected chi connectivity index (χ4v) is 2.37. The van der Waals surface area contributed by atoms with Gasteiger partial charge in [-0.15, -0.1) is 0 Å². The third kappa shape index (κ3) is 2.24. The van der Waals surface area contributed by atoms with Crippen LogP contribution in [0.1, 0.15) is 31.7 Å². The van der Waals surface area contributed by atoms with Crippen molar-refractivity contribution in [2.24, 2.45) is 5.92 Å². The molecular formula is C13H23N3. The molecule has 0 atom stereocenters. The molecule has 0 saturated heterocycles. The summed E-state index contributed by atoms with van der Waals surface area (Å²) in [6, 6.07) is 2.18. The zero-order chi connectivity index (χ0) is 11.7. The van der Waals surface area contributed by atoms with Crippen molar-refractivity contribution in [2.45, 2.75) is 39.8 Å². The summed E-state index contributed by atoms with van der Waals surface area (Å²) in [6.45, 7) is 7.77. The van der Waals surface area contributed by atoms with Crippen molar-refractivity contribution in [3.05, 3.63) is 17.5 Å². The van der Waals surface area contributed by atoms with E-state index >= 15 is 0 Å². The molecule has 0 radical (unpaired) electrons. The van der Waals surface area contributed by atoms with E-state index in [2.05, 4.69) is 36.4 Å². The van der Waals surface area contributed by atoms with Crippen molar-refractivity contribution >= 4 is 5.69 Å². The predicted molar refractivity (Wildman–Crippen MR) is 68.3 cm³/mol. The lowest BCUT2D eigenvalue weighted by Crippen LogP contribution is -2.31. The van der Waals surface area contributed by atoms with Gasteiger partial charge in [-0.05, 0) is 31.9 Å². The highest BCUT2D eigenvalue weighted by molar-refractivity contribution is 5.48. The van der Waals surface area contributed by atoms with Gasteiger partial charge in [0, 0.05) is 25.3 Å². The van der Waals surface area contributed by atoms with E-state index in [0.717, 1.165) is 37.7 Å². The third-order valence-electron chi connectivity index (χ3n) is 3.43. The van der Waals surface area contributed by atoms with E-state index in [9.17, 15) is 0 Å². The number of aryl methyl sites for hydroxylation is 1. The van der Waals surface area contributed by atoms with Gasteiger partial charge in [-0.3, -0.25) is 4.90 Å². The first kappa shape index (κ1) is 11.5. The first-order valence-corrected chi connectivity index (χ1v) is 6.23. The third-order valence-corrected chi connectivity index (χ3v) is 3.43. The first-order valence-electron chi connectivity index (χ1n) is 6.23. The normalized spacial score (nSPS) is 16.8. The van der Waals surface area contributed by atoms with E-state index in [1.807, 2.05) is 0 Å². The molecule has 1 aliphatic rings. The minimum atomic E-state index is 0.763. The van der Waals surface area contributed by atoms with Gasteiger partial charge in [0.15, 0.2) is 0 Å². The molecule has 3 nitrogen and oxygen atoms in total. The van der Waals surface area contributed by atoms with E-state index in [1.165, 1.54) is 17.8 Å². The van der Waals surface area contributed by atoms with Crippen molar-refractivity contribution in [2.75, 3.05) is 19.3 Å². The fourth-order valence-electron chi connectivity index (χ4n) is 2.37. The number of hydrogen-bond donors (Lipinski definition) is 1. The summed E-state index contributed by atoms with van der Waals surface area (Å²) in [5.41, 5.74) is 9.80. The molecule has 2 rings (SSSR count). The summed E-state index contributed by atoms with van der Waals surface area (Å²) in [4.78, 5) is 2.33. The quantitative estimate of drug-likeness (QED) is 0.848. The fraction of sp³-hybridized carbons (Fsp3) is 0.692. The number of nitrogen functional groups attached to an aromatic ring is 1. The highest BCUT2D eigenvalue weighted by Gasteiger charge is 2.19. The number of hydrogen-bond acceptors (Lipinski definition) is 2. The van der Waals surface area contributed by atoms with Crippen LogP contribution in [0.25, 0.3) is 0 Å². The van der Waals surface area contributed by atoms with Crippen LogP contribution in [0.4, 0.5) is 5.69 Å². The standard InChI is InChI=1S/C13H23N3/c1-10(2)4-5-11-8-12(14)13-9-15(3)6-7-16(11)13/h8,10H,4-7,9,14H2,1-3H3. The second-order valence-corrected chi connectivity index (χ2v) is 5.36. The minimum Gasteiger partial charge on any atom is -0.397 e. The van der Waals surface area contributed by atoms with E-state index in [0.29, 0.717) is 0 Å². The number of fused-ring (bicyclic) bond motifs is 1. The van der Waals surface area contributed by atoms with Gasteiger partial charge in [-0.2, -0.15) is 0 Å². The van der Waals surface area contributed by atoms with Crippen LogP contribution in [0.5, 0.6) is 0 Å². The molecule has 2 N–H and O–H groups in total. The number of aromatic nitrogens is 1. The maximum Gasteiger partial charge on any atom is 0.0552 e. The Bertz CT molecular complexity index is 365. The summed E-state index contributed by atoms with van der Waals surface area (Å²) < 4.78 is 2.43. The molecule has 3 heteroatoms. The molecule has 0 spiro atoms. The van der Waals surface area contributed by atoms with Crippen molar-refractivity contribution in [3.8, 4) is 0 Å². The molecular weight excluding hydrogens is 198 g/mol. The van der Waals surface area contributed by atoms with Crippen LogP contribution in [0.15, 0.2) is 6.07 Å². The summed E-state index contributed by atoms with van der Waals surface area (Å²) in [5, 5.41) is 0. The maximum atomic E-state index is 6.08. The van der Waals surface area contributed by atoms with Gasteiger partial charge in [0.25, 0.3) is 0 Å². The molecule has 0 amide bonds. The number of anilines is 1. The molecule has 2 heterocycles. The minimum absolute atomic E-state index is 0.763. The van der Waals surface area contributed by atoms with Crippen molar-refractivity contribution in [1.29, 1.82) is 0 Å². The lowest BCUT2D eigenvalue weighted by molar-refractivity contribution is 0.267. The van der Waals surface area contributed by atoms with Crippen molar-refractivity contribution in [3.63, 3.8) is 0 Å². The van der Waals surface area contributed by atoms with Crippen LogP contribution in [0, 0.1) is 5.92 Å². The molecule has 90 valence electrons. The molecule has 0 bridgehead atoms. The van der Waals surface area contributed by atoms with Gasteiger partial charge in [-0.1, -0.05) is 13.8 Å². The largest absolute Gasteiger partial charge is 0.397 e. The van der Waals surface area contributed by atoms with Crippen LogP contribution in [0.2, 0.25) is 0 Å². The van der Waals surface area contributed by atoms with Gasteiger partial charge in [0.2, 0.25) is 0 Å².